The van der Waals surface area contributed by atoms with Crippen molar-refractivity contribution in [3.05, 3.63) is 0 Å². The van der Waals surface area contributed by atoms with Gasteiger partial charge in [-0.05, 0) is 13.0 Å². The summed E-state index contributed by atoms with van der Waals surface area (Å²) in [6.45, 7) is 9.67. The standard InChI is InChI=1S/C10H21IN2/c1-9(2)10-8-13(5-4-11)7-6-12(10)3/h9-10H,4-8H2,1-3H3. The zero-order chi connectivity index (χ0) is 9.84. The van der Waals surface area contributed by atoms with Gasteiger partial charge in [-0.25, -0.2) is 0 Å². The lowest BCUT2D eigenvalue weighted by atomic mass is 10.0. The molecule has 1 atom stereocenters. The zero-order valence-electron chi connectivity index (χ0n) is 8.96. The normalized spacial score (nSPS) is 27.0. The third kappa shape index (κ3) is 3.36. The highest BCUT2D eigenvalue weighted by molar-refractivity contribution is 14.1. The fraction of sp³-hybridized carbons (Fsp3) is 1.00. The first-order valence-electron chi connectivity index (χ1n) is 5.13. The van der Waals surface area contributed by atoms with Gasteiger partial charge in [0.05, 0.1) is 0 Å². The summed E-state index contributed by atoms with van der Waals surface area (Å²) >= 11 is 2.46. The van der Waals surface area contributed by atoms with Crippen LogP contribution in [0.2, 0.25) is 0 Å². The molecule has 0 amide bonds. The SMILES string of the molecule is CC(C)C1CN(CCI)CCN1C. The topological polar surface area (TPSA) is 6.48 Å². The van der Waals surface area contributed by atoms with Gasteiger partial charge >= 0.3 is 0 Å². The zero-order valence-corrected chi connectivity index (χ0v) is 11.1. The van der Waals surface area contributed by atoms with Crippen molar-refractivity contribution in [2.75, 3.05) is 37.7 Å². The van der Waals surface area contributed by atoms with Crippen LogP contribution in [0.25, 0.3) is 0 Å². The van der Waals surface area contributed by atoms with Crippen LogP contribution in [0, 0.1) is 5.92 Å². The van der Waals surface area contributed by atoms with E-state index in [2.05, 4.69) is 53.3 Å². The Bertz CT molecular complexity index is 150. The van der Waals surface area contributed by atoms with Crippen molar-refractivity contribution in [3.8, 4) is 0 Å². The number of rotatable bonds is 3. The Balaban J connectivity index is 2.43. The molecule has 1 saturated heterocycles. The lowest BCUT2D eigenvalue weighted by Crippen LogP contribution is -2.53. The van der Waals surface area contributed by atoms with E-state index < -0.39 is 0 Å². The number of likely N-dealkylation sites (N-methyl/N-ethyl adjacent to an activating group) is 1. The predicted molar refractivity (Wildman–Crippen MR) is 66.6 cm³/mol. The highest BCUT2D eigenvalue weighted by Crippen LogP contribution is 2.15. The quantitative estimate of drug-likeness (QED) is 0.578. The van der Waals surface area contributed by atoms with Crippen LogP contribution in [-0.2, 0) is 0 Å². The van der Waals surface area contributed by atoms with Gasteiger partial charge in [-0.3, -0.25) is 4.90 Å². The number of halogens is 1. The van der Waals surface area contributed by atoms with Crippen LogP contribution in [0.4, 0.5) is 0 Å². The van der Waals surface area contributed by atoms with Crippen LogP contribution >= 0.6 is 22.6 Å². The molecule has 3 heteroatoms. The third-order valence-electron chi connectivity index (χ3n) is 2.95. The van der Waals surface area contributed by atoms with Crippen LogP contribution in [0.5, 0.6) is 0 Å². The maximum Gasteiger partial charge on any atom is 0.0243 e. The van der Waals surface area contributed by atoms with Gasteiger partial charge in [-0.15, -0.1) is 0 Å². The molecular formula is C10H21IN2. The number of hydrogen-bond donors (Lipinski definition) is 0. The summed E-state index contributed by atoms with van der Waals surface area (Å²) in [4.78, 5) is 5.10. The van der Waals surface area contributed by atoms with Gasteiger partial charge in [0.25, 0.3) is 0 Å². The molecule has 1 aliphatic heterocycles. The molecule has 2 nitrogen and oxygen atoms in total. The van der Waals surface area contributed by atoms with Gasteiger partial charge in [-0.1, -0.05) is 36.4 Å². The summed E-state index contributed by atoms with van der Waals surface area (Å²) in [5.41, 5.74) is 0. The van der Waals surface area contributed by atoms with E-state index in [1.165, 1.54) is 30.6 Å². The van der Waals surface area contributed by atoms with Gasteiger partial charge < -0.3 is 4.90 Å². The molecule has 13 heavy (non-hydrogen) atoms. The fourth-order valence-corrected chi connectivity index (χ4v) is 2.68. The third-order valence-corrected chi connectivity index (χ3v) is 3.43. The molecule has 0 aromatic heterocycles. The second-order valence-corrected chi connectivity index (χ2v) is 5.36. The van der Waals surface area contributed by atoms with E-state index in [0.29, 0.717) is 0 Å². The van der Waals surface area contributed by atoms with E-state index in [4.69, 9.17) is 0 Å². The Hall–Kier alpha value is 0.650. The molecule has 0 aromatic rings. The first-order valence-corrected chi connectivity index (χ1v) is 6.66. The second kappa shape index (κ2) is 5.51. The summed E-state index contributed by atoms with van der Waals surface area (Å²) in [5, 5.41) is 0. The Labute approximate surface area is 95.8 Å². The van der Waals surface area contributed by atoms with E-state index in [0.717, 1.165) is 12.0 Å². The minimum Gasteiger partial charge on any atom is -0.301 e. The number of nitrogens with zero attached hydrogens (tertiary/aromatic N) is 2. The molecule has 1 aliphatic rings. The van der Waals surface area contributed by atoms with E-state index in [1.54, 1.807) is 0 Å². The summed E-state index contributed by atoms with van der Waals surface area (Å²) in [6, 6.07) is 0.761. The average Bonchev–Trinajstić information content (AvgIpc) is 2.08. The second-order valence-electron chi connectivity index (χ2n) is 4.28. The number of alkyl halides is 1. The smallest absolute Gasteiger partial charge is 0.0243 e. The van der Waals surface area contributed by atoms with E-state index in [9.17, 15) is 0 Å². The monoisotopic (exact) mass is 296 g/mol. The fourth-order valence-electron chi connectivity index (χ4n) is 2.00. The molecular weight excluding hydrogens is 275 g/mol. The Morgan fingerprint density at radius 2 is 2.08 bits per heavy atom. The number of piperazine rings is 1. The van der Waals surface area contributed by atoms with Gasteiger partial charge in [0.1, 0.15) is 0 Å². The first kappa shape index (κ1) is 11.7. The maximum atomic E-state index is 2.59. The Morgan fingerprint density at radius 3 is 2.62 bits per heavy atom. The van der Waals surface area contributed by atoms with Crippen molar-refractivity contribution in [1.82, 2.24) is 9.80 Å². The van der Waals surface area contributed by atoms with Crippen molar-refractivity contribution in [2.24, 2.45) is 5.92 Å². The van der Waals surface area contributed by atoms with Crippen molar-refractivity contribution >= 4 is 22.6 Å². The van der Waals surface area contributed by atoms with Crippen molar-refractivity contribution < 1.29 is 0 Å². The van der Waals surface area contributed by atoms with E-state index >= 15 is 0 Å². The molecule has 0 aromatic carbocycles. The van der Waals surface area contributed by atoms with Gasteiger partial charge in [0, 0.05) is 36.6 Å². The summed E-state index contributed by atoms with van der Waals surface area (Å²) < 4.78 is 1.26. The molecule has 1 unspecified atom stereocenters. The number of hydrogen-bond acceptors (Lipinski definition) is 2. The molecule has 1 fully saturated rings. The molecule has 78 valence electrons. The van der Waals surface area contributed by atoms with Crippen molar-refractivity contribution in [2.45, 2.75) is 19.9 Å². The van der Waals surface area contributed by atoms with Gasteiger partial charge in [0.2, 0.25) is 0 Å². The van der Waals surface area contributed by atoms with Crippen LogP contribution in [0.3, 0.4) is 0 Å². The van der Waals surface area contributed by atoms with E-state index in [1.807, 2.05) is 0 Å². The minimum absolute atomic E-state index is 0.761. The lowest BCUT2D eigenvalue weighted by Gasteiger charge is -2.41. The van der Waals surface area contributed by atoms with Gasteiger partial charge in [-0.2, -0.15) is 0 Å². The molecule has 0 spiro atoms. The van der Waals surface area contributed by atoms with E-state index in [-0.39, 0.29) is 0 Å². The molecule has 0 N–H and O–H groups in total. The molecule has 0 bridgehead atoms. The van der Waals surface area contributed by atoms with Crippen LogP contribution in [-0.4, -0.2) is 53.5 Å². The lowest BCUT2D eigenvalue weighted by molar-refractivity contribution is 0.0744. The highest BCUT2D eigenvalue weighted by atomic mass is 127. The predicted octanol–water partition coefficient (Wildman–Crippen LogP) is 1.69. The minimum atomic E-state index is 0.761. The largest absolute Gasteiger partial charge is 0.301 e. The molecule has 1 rings (SSSR count). The van der Waals surface area contributed by atoms with Crippen LogP contribution < -0.4 is 0 Å². The highest BCUT2D eigenvalue weighted by Gasteiger charge is 2.25. The molecule has 0 radical (unpaired) electrons. The molecule has 0 aliphatic carbocycles. The first-order chi connectivity index (χ1) is 6.15. The summed E-state index contributed by atoms with van der Waals surface area (Å²) in [5.74, 6) is 0.780. The molecule has 1 heterocycles. The van der Waals surface area contributed by atoms with Crippen LogP contribution in [0.15, 0.2) is 0 Å². The Kier molecular flexibility index (Phi) is 4.97. The maximum absolute atomic E-state index is 2.59. The summed E-state index contributed by atoms with van der Waals surface area (Å²) in [7, 11) is 2.26. The van der Waals surface area contributed by atoms with Crippen molar-refractivity contribution in [1.29, 1.82) is 0 Å². The average molecular weight is 296 g/mol. The van der Waals surface area contributed by atoms with Crippen LogP contribution in [0.1, 0.15) is 13.8 Å². The van der Waals surface area contributed by atoms with Crippen molar-refractivity contribution in [3.63, 3.8) is 0 Å². The van der Waals surface area contributed by atoms with Gasteiger partial charge in [0.15, 0.2) is 0 Å². The molecule has 0 saturated carbocycles. The Morgan fingerprint density at radius 1 is 1.38 bits per heavy atom. The summed E-state index contributed by atoms with van der Waals surface area (Å²) in [6.07, 6.45) is 0.